The van der Waals surface area contributed by atoms with Gasteiger partial charge in [-0.2, -0.15) is 0 Å². The summed E-state index contributed by atoms with van der Waals surface area (Å²) >= 11 is 0. The Labute approximate surface area is 315 Å². The van der Waals surface area contributed by atoms with E-state index in [9.17, 15) is 0 Å². The van der Waals surface area contributed by atoms with Gasteiger partial charge in [-0.25, -0.2) is 0 Å². The van der Waals surface area contributed by atoms with E-state index in [-0.39, 0.29) is 0 Å². The van der Waals surface area contributed by atoms with Crippen LogP contribution in [0.4, 0.5) is 34.3 Å². The molecule has 0 atom stereocenters. The van der Waals surface area contributed by atoms with E-state index in [0.29, 0.717) is 0 Å². The summed E-state index contributed by atoms with van der Waals surface area (Å²) in [6.07, 6.45) is 0. The Morgan fingerprint density at radius 1 is 0.370 bits per heavy atom. The number of para-hydroxylation sites is 4. The Balaban J connectivity index is 1.10. The molecule has 0 spiro atoms. The molecule has 0 fully saturated rings. The summed E-state index contributed by atoms with van der Waals surface area (Å²) in [5.41, 5.74) is 12.2. The second-order valence-corrected chi connectivity index (χ2v) is 13.4. The third-order valence-electron chi connectivity index (χ3n) is 10.2. The molecular weight excluding hydrogens is 659 g/mol. The van der Waals surface area contributed by atoms with Crippen molar-refractivity contribution in [3.63, 3.8) is 0 Å². The van der Waals surface area contributed by atoms with E-state index in [1.54, 1.807) is 0 Å². The van der Waals surface area contributed by atoms with Gasteiger partial charge in [0.25, 0.3) is 0 Å². The molecule has 4 nitrogen and oxygen atoms in total. The smallest absolute Gasteiger partial charge is 0.178 e. The SMILES string of the molecule is c1ccc(-c2ccc(N(c3ccc(-c4ccccc4)cc3)c3ccc(N4c5ccccc5Oc5c4n(-c4ccccc4)c4ccccc54)cc3)cc2)cc1. The molecule has 0 unspecified atom stereocenters. The average Bonchev–Trinajstić information content (AvgIpc) is 3.58. The first kappa shape index (κ1) is 31.4. The van der Waals surface area contributed by atoms with Crippen LogP contribution in [0.5, 0.6) is 11.5 Å². The van der Waals surface area contributed by atoms with Crippen LogP contribution in [0, 0.1) is 0 Å². The Morgan fingerprint density at radius 3 is 1.43 bits per heavy atom. The number of nitrogens with zero attached hydrogens (tertiary/aromatic N) is 3. The zero-order chi connectivity index (χ0) is 35.8. The van der Waals surface area contributed by atoms with E-state index < -0.39 is 0 Å². The normalized spacial score (nSPS) is 11.8. The highest BCUT2D eigenvalue weighted by Crippen LogP contribution is 2.55. The number of fused-ring (bicyclic) bond motifs is 4. The molecule has 0 N–H and O–H groups in total. The van der Waals surface area contributed by atoms with Gasteiger partial charge in [-0.05, 0) is 107 Å². The summed E-state index contributed by atoms with van der Waals surface area (Å²) in [6, 6.07) is 74.9. The topological polar surface area (TPSA) is 20.6 Å². The third-order valence-corrected chi connectivity index (χ3v) is 10.2. The highest BCUT2D eigenvalue weighted by molar-refractivity contribution is 6.01. The first-order chi connectivity index (χ1) is 26.8. The van der Waals surface area contributed by atoms with Crippen LogP contribution in [0.15, 0.2) is 212 Å². The lowest BCUT2D eigenvalue weighted by molar-refractivity contribution is 0.481. The predicted molar refractivity (Wildman–Crippen MR) is 224 cm³/mol. The minimum Gasteiger partial charge on any atom is -0.451 e. The summed E-state index contributed by atoms with van der Waals surface area (Å²) in [5, 5.41) is 1.07. The van der Waals surface area contributed by atoms with Gasteiger partial charge in [0.2, 0.25) is 0 Å². The zero-order valence-electron chi connectivity index (χ0n) is 29.5. The van der Waals surface area contributed by atoms with Crippen LogP contribution in [0.3, 0.4) is 0 Å². The molecule has 10 rings (SSSR count). The maximum Gasteiger partial charge on any atom is 0.178 e. The molecule has 0 bridgehead atoms. The molecule has 9 aromatic rings. The minimum atomic E-state index is 0.823. The van der Waals surface area contributed by atoms with Crippen molar-refractivity contribution in [2.45, 2.75) is 0 Å². The van der Waals surface area contributed by atoms with Gasteiger partial charge in [-0.1, -0.05) is 127 Å². The Kier molecular flexibility index (Phi) is 7.77. The van der Waals surface area contributed by atoms with Crippen LogP contribution < -0.4 is 14.5 Å². The number of hydrogen-bond acceptors (Lipinski definition) is 3. The van der Waals surface area contributed by atoms with Crippen molar-refractivity contribution in [1.82, 2.24) is 4.57 Å². The van der Waals surface area contributed by atoms with Crippen molar-refractivity contribution in [3.05, 3.63) is 212 Å². The van der Waals surface area contributed by atoms with E-state index in [1.807, 2.05) is 12.1 Å². The molecule has 1 aromatic heterocycles. The van der Waals surface area contributed by atoms with Crippen LogP contribution in [-0.4, -0.2) is 4.57 Å². The Hall–Kier alpha value is -7.30. The summed E-state index contributed by atoms with van der Waals surface area (Å²) in [7, 11) is 0. The van der Waals surface area contributed by atoms with Gasteiger partial charge in [-0.3, -0.25) is 9.47 Å². The summed E-state index contributed by atoms with van der Waals surface area (Å²) in [5.74, 6) is 2.64. The third kappa shape index (κ3) is 5.49. The monoisotopic (exact) mass is 693 g/mol. The molecule has 2 heterocycles. The largest absolute Gasteiger partial charge is 0.451 e. The van der Waals surface area contributed by atoms with Crippen LogP contribution in [0.25, 0.3) is 38.8 Å². The molecule has 256 valence electrons. The van der Waals surface area contributed by atoms with E-state index in [0.717, 1.165) is 62.3 Å². The average molecular weight is 694 g/mol. The number of ether oxygens (including phenoxy) is 1. The molecule has 4 heteroatoms. The van der Waals surface area contributed by atoms with Crippen LogP contribution in [-0.2, 0) is 0 Å². The molecule has 0 aliphatic carbocycles. The lowest BCUT2D eigenvalue weighted by atomic mass is 10.0. The highest BCUT2D eigenvalue weighted by atomic mass is 16.5. The molecular formula is C50H35N3O. The molecule has 54 heavy (non-hydrogen) atoms. The molecule has 1 aliphatic heterocycles. The first-order valence-electron chi connectivity index (χ1n) is 18.3. The Morgan fingerprint density at radius 2 is 0.833 bits per heavy atom. The Bertz CT molecular complexity index is 2620. The van der Waals surface area contributed by atoms with Crippen molar-refractivity contribution in [2.75, 3.05) is 9.80 Å². The van der Waals surface area contributed by atoms with Gasteiger partial charge in [0.05, 0.1) is 11.2 Å². The molecule has 0 radical (unpaired) electrons. The van der Waals surface area contributed by atoms with Gasteiger partial charge < -0.3 is 9.64 Å². The first-order valence-corrected chi connectivity index (χ1v) is 18.3. The fourth-order valence-electron chi connectivity index (χ4n) is 7.62. The van der Waals surface area contributed by atoms with Gasteiger partial charge >= 0.3 is 0 Å². The van der Waals surface area contributed by atoms with Crippen molar-refractivity contribution in [2.24, 2.45) is 0 Å². The van der Waals surface area contributed by atoms with E-state index >= 15 is 0 Å². The van der Waals surface area contributed by atoms with E-state index in [1.165, 1.54) is 22.3 Å². The minimum absolute atomic E-state index is 0.823. The number of rotatable bonds is 7. The van der Waals surface area contributed by atoms with Crippen LogP contribution in [0.1, 0.15) is 0 Å². The number of aromatic nitrogens is 1. The lowest BCUT2D eigenvalue weighted by Gasteiger charge is -2.33. The second kappa shape index (κ2) is 13.4. The van der Waals surface area contributed by atoms with Gasteiger partial charge in [0, 0.05) is 33.8 Å². The number of anilines is 6. The molecule has 1 aliphatic rings. The lowest BCUT2D eigenvalue weighted by Crippen LogP contribution is -2.18. The summed E-state index contributed by atoms with van der Waals surface area (Å²) in [4.78, 5) is 4.66. The summed E-state index contributed by atoms with van der Waals surface area (Å²) in [6.45, 7) is 0. The van der Waals surface area contributed by atoms with Crippen molar-refractivity contribution < 1.29 is 4.74 Å². The summed E-state index contributed by atoms with van der Waals surface area (Å²) < 4.78 is 9.04. The molecule has 0 saturated carbocycles. The predicted octanol–water partition coefficient (Wildman–Crippen LogP) is 14.0. The van der Waals surface area contributed by atoms with Crippen molar-refractivity contribution >= 4 is 45.2 Å². The van der Waals surface area contributed by atoms with E-state index in [2.05, 4.69) is 215 Å². The van der Waals surface area contributed by atoms with E-state index in [4.69, 9.17) is 4.74 Å². The maximum atomic E-state index is 6.73. The molecule has 0 amide bonds. The zero-order valence-corrected chi connectivity index (χ0v) is 29.5. The van der Waals surface area contributed by atoms with Gasteiger partial charge in [0.15, 0.2) is 17.3 Å². The standard InChI is InChI=1S/C50H35N3O/c1-4-14-36(15-5-1)38-24-28-41(29-25-38)51(42-30-26-39(27-31-42)37-16-6-2-7-17-37)43-32-34-44(35-33-43)53-47-22-12-13-23-48(47)54-49-45-20-10-11-21-46(45)52(50(49)53)40-18-8-3-9-19-40/h1-35H. The second-order valence-electron chi connectivity index (χ2n) is 13.4. The van der Waals surface area contributed by atoms with Crippen molar-refractivity contribution in [3.8, 4) is 39.4 Å². The highest BCUT2D eigenvalue weighted by Gasteiger charge is 2.33. The maximum absolute atomic E-state index is 6.73. The fraction of sp³-hybridized carbons (Fsp3) is 0. The quantitative estimate of drug-likeness (QED) is 0.166. The number of hydrogen-bond donors (Lipinski definition) is 0. The van der Waals surface area contributed by atoms with Crippen molar-refractivity contribution in [1.29, 1.82) is 0 Å². The van der Waals surface area contributed by atoms with Crippen LogP contribution in [0.2, 0.25) is 0 Å². The van der Waals surface area contributed by atoms with Crippen LogP contribution >= 0.6 is 0 Å². The molecule has 0 saturated heterocycles. The fourth-order valence-corrected chi connectivity index (χ4v) is 7.62. The molecule has 8 aromatic carbocycles. The number of benzene rings is 8. The van der Waals surface area contributed by atoms with Gasteiger partial charge in [0.1, 0.15) is 0 Å². The van der Waals surface area contributed by atoms with Gasteiger partial charge in [-0.15, -0.1) is 0 Å².